The predicted octanol–water partition coefficient (Wildman–Crippen LogP) is 2.43. The van der Waals surface area contributed by atoms with Gasteiger partial charge in [-0.3, -0.25) is 10.7 Å². The van der Waals surface area contributed by atoms with Crippen LogP contribution in [0.25, 0.3) is 0 Å². The second-order valence-corrected chi connectivity index (χ2v) is 5.08. The van der Waals surface area contributed by atoms with Crippen LogP contribution >= 0.6 is 23.1 Å². The highest BCUT2D eigenvalue weighted by molar-refractivity contribution is 8.02. The van der Waals surface area contributed by atoms with Gasteiger partial charge in [0.15, 0.2) is 0 Å². The Bertz CT molecular complexity index is 346. The molecule has 70 valence electrons. The number of hydroxylamine groups is 1. The Kier molecular flexibility index (Phi) is 2.57. The fraction of sp³-hybridized carbons (Fsp3) is 0.375. The molecule has 1 aliphatic heterocycles. The van der Waals surface area contributed by atoms with Crippen LogP contribution < -0.4 is 5.48 Å². The third-order valence-corrected chi connectivity index (χ3v) is 4.36. The minimum atomic E-state index is 0.637. The van der Waals surface area contributed by atoms with E-state index in [2.05, 4.69) is 23.5 Å². The molecule has 0 bridgehead atoms. The second-order valence-electron chi connectivity index (χ2n) is 2.70. The van der Waals surface area contributed by atoms with Gasteiger partial charge in [-0.1, -0.05) is 6.92 Å². The molecule has 13 heavy (non-hydrogen) atoms. The smallest absolute Gasteiger partial charge is 0.136 e. The zero-order valence-corrected chi connectivity index (χ0v) is 8.84. The van der Waals surface area contributed by atoms with Crippen molar-refractivity contribution in [3.05, 3.63) is 10.9 Å². The number of thioether (sulfide) groups is 1. The van der Waals surface area contributed by atoms with Crippen LogP contribution in [0.3, 0.4) is 0 Å². The van der Waals surface area contributed by atoms with Gasteiger partial charge in [-0.15, -0.1) is 23.1 Å². The van der Waals surface area contributed by atoms with E-state index in [-0.39, 0.29) is 0 Å². The van der Waals surface area contributed by atoms with Crippen molar-refractivity contribution in [2.24, 2.45) is 4.99 Å². The molecular weight excluding hydrogens is 204 g/mol. The first-order valence-corrected chi connectivity index (χ1v) is 5.87. The summed E-state index contributed by atoms with van der Waals surface area (Å²) in [6.45, 7) is 2.14. The van der Waals surface area contributed by atoms with Gasteiger partial charge < -0.3 is 0 Å². The van der Waals surface area contributed by atoms with Gasteiger partial charge in [0, 0.05) is 4.88 Å². The molecule has 0 saturated carbocycles. The molecule has 1 aromatic heterocycles. The largest absolute Gasteiger partial charge is 0.290 e. The van der Waals surface area contributed by atoms with E-state index in [1.54, 1.807) is 23.1 Å². The van der Waals surface area contributed by atoms with Crippen LogP contribution in [0.2, 0.25) is 0 Å². The van der Waals surface area contributed by atoms with Gasteiger partial charge in [0.25, 0.3) is 0 Å². The first-order valence-electron chi connectivity index (χ1n) is 4.06. The van der Waals surface area contributed by atoms with Gasteiger partial charge in [0.1, 0.15) is 5.84 Å². The molecule has 2 heterocycles. The van der Waals surface area contributed by atoms with E-state index in [1.807, 2.05) is 0 Å². The molecule has 5 heteroatoms. The zero-order chi connectivity index (χ0) is 9.26. The van der Waals surface area contributed by atoms with E-state index in [0.29, 0.717) is 5.84 Å². The average Bonchev–Trinajstić information content (AvgIpc) is 2.58. The zero-order valence-electron chi connectivity index (χ0n) is 7.20. The number of rotatable bonds is 1. The lowest BCUT2D eigenvalue weighted by Crippen LogP contribution is -2.22. The van der Waals surface area contributed by atoms with Crippen molar-refractivity contribution in [3.8, 4) is 0 Å². The summed E-state index contributed by atoms with van der Waals surface area (Å²) >= 11 is 3.52. The Morgan fingerprint density at radius 1 is 1.69 bits per heavy atom. The van der Waals surface area contributed by atoms with Crippen LogP contribution in [-0.2, 0) is 6.42 Å². The number of thiophene rings is 1. The number of amidine groups is 1. The number of hydrogen-bond acceptors (Lipinski definition) is 5. The maximum atomic E-state index is 8.69. The topological polar surface area (TPSA) is 44.6 Å². The van der Waals surface area contributed by atoms with Crippen LogP contribution in [0.5, 0.6) is 0 Å². The van der Waals surface area contributed by atoms with Crippen molar-refractivity contribution in [3.63, 3.8) is 0 Å². The van der Waals surface area contributed by atoms with Crippen LogP contribution in [0.1, 0.15) is 11.8 Å². The first kappa shape index (κ1) is 9.05. The molecule has 0 amide bonds. The molecule has 0 fully saturated rings. The van der Waals surface area contributed by atoms with Crippen LogP contribution in [0, 0.1) is 0 Å². The van der Waals surface area contributed by atoms with Crippen LogP contribution in [-0.4, -0.2) is 16.8 Å². The number of nitrogens with one attached hydrogen (secondary N) is 1. The number of aliphatic imine (C=N–C) groups is 1. The normalized spacial score (nSPS) is 15.1. The molecule has 0 saturated heterocycles. The highest BCUT2D eigenvalue weighted by Gasteiger charge is 2.15. The van der Waals surface area contributed by atoms with E-state index in [0.717, 1.165) is 17.9 Å². The molecular formula is C8H10N2OS2. The Hall–Kier alpha value is -0.520. The number of fused-ring (bicyclic) bond motifs is 1. The minimum Gasteiger partial charge on any atom is -0.290 e. The summed E-state index contributed by atoms with van der Waals surface area (Å²) in [5.74, 6) is 1.37. The van der Waals surface area contributed by atoms with Crippen molar-refractivity contribution in [2.75, 3.05) is 5.75 Å². The van der Waals surface area contributed by atoms with Crippen LogP contribution in [0.15, 0.2) is 15.3 Å². The molecule has 0 atom stereocenters. The van der Waals surface area contributed by atoms with E-state index in [9.17, 15) is 0 Å². The van der Waals surface area contributed by atoms with Crippen molar-refractivity contribution in [1.29, 1.82) is 0 Å². The maximum Gasteiger partial charge on any atom is 0.136 e. The summed E-state index contributed by atoms with van der Waals surface area (Å²) in [4.78, 5) is 5.63. The Balaban J connectivity index is 2.34. The van der Waals surface area contributed by atoms with Gasteiger partial charge in [0.05, 0.1) is 15.6 Å². The van der Waals surface area contributed by atoms with E-state index in [4.69, 9.17) is 5.21 Å². The average molecular weight is 214 g/mol. The Morgan fingerprint density at radius 2 is 2.54 bits per heavy atom. The van der Waals surface area contributed by atoms with Crippen LogP contribution in [0.4, 0.5) is 5.69 Å². The molecule has 3 nitrogen and oxygen atoms in total. The maximum absolute atomic E-state index is 8.69. The monoisotopic (exact) mass is 214 g/mol. The highest BCUT2D eigenvalue weighted by Crippen LogP contribution is 2.40. The highest BCUT2D eigenvalue weighted by atomic mass is 32.2. The van der Waals surface area contributed by atoms with Gasteiger partial charge in [0.2, 0.25) is 0 Å². The molecule has 2 rings (SSSR count). The lowest BCUT2D eigenvalue weighted by atomic mass is 10.3. The molecule has 1 aromatic rings. The van der Waals surface area contributed by atoms with E-state index >= 15 is 0 Å². The first-order chi connectivity index (χ1) is 6.33. The van der Waals surface area contributed by atoms with Crippen molar-refractivity contribution < 1.29 is 5.21 Å². The number of aryl methyl sites for hydroxylation is 1. The lowest BCUT2D eigenvalue weighted by molar-refractivity contribution is 0.234. The molecule has 0 radical (unpaired) electrons. The summed E-state index contributed by atoms with van der Waals surface area (Å²) < 4.78 is 1.26. The van der Waals surface area contributed by atoms with Gasteiger partial charge in [-0.2, -0.15) is 0 Å². The summed E-state index contributed by atoms with van der Waals surface area (Å²) in [6.07, 6.45) is 1.05. The van der Waals surface area contributed by atoms with Crippen molar-refractivity contribution >= 4 is 34.6 Å². The van der Waals surface area contributed by atoms with Crippen molar-refractivity contribution in [1.82, 2.24) is 5.48 Å². The van der Waals surface area contributed by atoms with Gasteiger partial charge >= 0.3 is 0 Å². The third-order valence-electron chi connectivity index (χ3n) is 1.80. The fourth-order valence-corrected chi connectivity index (χ4v) is 3.28. The molecule has 0 unspecified atom stereocenters. The Labute approximate surface area is 84.8 Å². The molecule has 1 aliphatic rings. The summed E-state index contributed by atoms with van der Waals surface area (Å²) in [5, 5.41) is 8.69. The second kappa shape index (κ2) is 3.69. The SMILES string of the molecule is CCc1cc2c(s1)SCC(NO)=N2. The molecule has 0 aliphatic carbocycles. The van der Waals surface area contributed by atoms with E-state index in [1.165, 1.54) is 9.09 Å². The Morgan fingerprint density at radius 3 is 3.23 bits per heavy atom. The summed E-state index contributed by atoms with van der Waals surface area (Å²) in [7, 11) is 0. The molecule has 2 N–H and O–H groups in total. The van der Waals surface area contributed by atoms with Gasteiger partial charge in [-0.05, 0) is 12.5 Å². The number of hydrogen-bond donors (Lipinski definition) is 2. The summed E-state index contributed by atoms with van der Waals surface area (Å²) in [6, 6.07) is 2.09. The lowest BCUT2D eigenvalue weighted by Gasteiger charge is -2.08. The van der Waals surface area contributed by atoms with Gasteiger partial charge in [-0.25, -0.2) is 4.99 Å². The third kappa shape index (κ3) is 1.72. The predicted molar refractivity (Wildman–Crippen MR) is 56.4 cm³/mol. The minimum absolute atomic E-state index is 0.637. The number of nitrogens with zero attached hydrogens (tertiary/aromatic N) is 1. The standard InChI is InChI=1S/C8H10N2OS2/c1-2-5-3-6-8(13-5)12-4-7(9-6)10-11/h3,11H,2,4H2,1H3,(H,9,10). The fourth-order valence-electron chi connectivity index (χ4n) is 1.14. The quantitative estimate of drug-likeness (QED) is 0.706. The molecule has 0 aromatic carbocycles. The summed E-state index contributed by atoms with van der Waals surface area (Å²) in [5.41, 5.74) is 3.10. The van der Waals surface area contributed by atoms with E-state index < -0.39 is 0 Å². The van der Waals surface area contributed by atoms with Crippen molar-refractivity contribution in [2.45, 2.75) is 17.6 Å². The molecule has 0 spiro atoms.